The van der Waals surface area contributed by atoms with E-state index >= 15 is 0 Å². The van der Waals surface area contributed by atoms with Crippen LogP contribution in [0.1, 0.15) is 35.7 Å². The highest BCUT2D eigenvalue weighted by atomic mass is 16.5. The van der Waals surface area contributed by atoms with Gasteiger partial charge in [0.15, 0.2) is 11.5 Å². The summed E-state index contributed by atoms with van der Waals surface area (Å²) < 4.78 is 11.6. The van der Waals surface area contributed by atoms with Gasteiger partial charge in [-0.25, -0.2) is 4.79 Å². The van der Waals surface area contributed by atoms with Gasteiger partial charge >= 0.3 is 5.69 Å². The van der Waals surface area contributed by atoms with Crippen molar-refractivity contribution in [3.8, 4) is 11.5 Å². The minimum Gasteiger partial charge on any atom is -0.493 e. The number of ether oxygens (including phenoxy) is 2. The third-order valence-electron chi connectivity index (χ3n) is 4.86. The number of H-pyrrole nitrogens is 1. The fourth-order valence-corrected chi connectivity index (χ4v) is 3.15. The summed E-state index contributed by atoms with van der Waals surface area (Å²) in [5.74, 6) is 0.682. The quantitative estimate of drug-likeness (QED) is 0.554. The average molecular weight is 411 g/mol. The Morgan fingerprint density at radius 3 is 2.37 bits per heavy atom. The normalized spacial score (nSPS) is 10.8. The maximum absolute atomic E-state index is 12.9. The predicted molar refractivity (Wildman–Crippen MR) is 115 cm³/mol. The van der Waals surface area contributed by atoms with Crippen LogP contribution in [0, 0.1) is 0 Å². The molecule has 0 atom stereocenters. The van der Waals surface area contributed by atoms with E-state index in [1.165, 1.54) is 14.2 Å². The molecule has 0 aliphatic carbocycles. The maximum atomic E-state index is 12.9. The Morgan fingerprint density at radius 2 is 1.73 bits per heavy atom. The predicted octanol–water partition coefficient (Wildman–Crippen LogP) is 2.29. The second-order valence-corrected chi connectivity index (χ2v) is 6.88. The van der Waals surface area contributed by atoms with Gasteiger partial charge < -0.3 is 19.8 Å². The number of benzene rings is 2. The van der Waals surface area contributed by atoms with Crippen LogP contribution in [0.3, 0.4) is 0 Å². The molecule has 2 aromatic carbocycles. The van der Waals surface area contributed by atoms with E-state index in [9.17, 15) is 14.4 Å². The summed E-state index contributed by atoms with van der Waals surface area (Å²) in [7, 11) is 2.96. The molecule has 30 heavy (non-hydrogen) atoms. The van der Waals surface area contributed by atoms with Crippen molar-refractivity contribution in [3.63, 3.8) is 0 Å². The van der Waals surface area contributed by atoms with Crippen molar-refractivity contribution in [3.05, 3.63) is 68.4 Å². The van der Waals surface area contributed by atoms with E-state index in [0.29, 0.717) is 34.5 Å². The highest BCUT2D eigenvalue weighted by Crippen LogP contribution is 2.29. The first-order valence-electron chi connectivity index (χ1n) is 9.74. The molecule has 1 heterocycles. The molecule has 0 spiro atoms. The summed E-state index contributed by atoms with van der Waals surface area (Å²) in [5.41, 5.74) is 0.675. The van der Waals surface area contributed by atoms with Gasteiger partial charge in [-0.2, -0.15) is 0 Å². The molecule has 158 valence electrons. The smallest absolute Gasteiger partial charge is 0.329 e. The van der Waals surface area contributed by atoms with Crippen molar-refractivity contribution in [2.45, 2.75) is 26.3 Å². The molecule has 2 N–H and O–H groups in total. The number of nitrogens with zero attached hydrogens (tertiary/aromatic N) is 1. The number of aromatic amines is 1. The highest BCUT2D eigenvalue weighted by molar-refractivity contribution is 5.94. The number of unbranched alkanes of at least 4 members (excludes halogenated alkanes) is 1. The molecule has 0 radical (unpaired) electrons. The van der Waals surface area contributed by atoms with Crippen LogP contribution in [-0.2, 0) is 6.54 Å². The number of rotatable bonds is 8. The summed E-state index contributed by atoms with van der Waals surface area (Å²) in [6.07, 6.45) is 1.93. The Balaban J connectivity index is 1.89. The van der Waals surface area contributed by atoms with Gasteiger partial charge in [-0.3, -0.25) is 14.2 Å². The lowest BCUT2D eigenvalue weighted by Gasteiger charge is -2.11. The molecule has 0 bridgehead atoms. The molecule has 1 aromatic heterocycles. The molecule has 3 rings (SSSR count). The van der Waals surface area contributed by atoms with Crippen molar-refractivity contribution in [2.75, 3.05) is 20.8 Å². The van der Waals surface area contributed by atoms with Gasteiger partial charge in [0.1, 0.15) is 0 Å². The van der Waals surface area contributed by atoms with E-state index in [4.69, 9.17) is 9.47 Å². The van der Waals surface area contributed by atoms with E-state index in [-0.39, 0.29) is 12.5 Å². The molecule has 3 aromatic rings. The average Bonchev–Trinajstić information content (AvgIpc) is 2.76. The molecule has 0 saturated carbocycles. The van der Waals surface area contributed by atoms with Crippen molar-refractivity contribution < 1.29 is 14.3 Å². The standard InChI is InChI=1S/C22H25N3O5/c1-4-5-10-23-20(26)15-8-6-14(7-9-15)13-25-21(27)16-11-18(29-2)19(30-3)12-17(16)24-22(25)28/h6-9,11-12H,4-5,10,13H2,1-3H3,(H,23,26)(H,24,28). The minimum atomic E-state index is -0.527. The van der Waals surface area contributed by atoms with Crippen LogP contribution in [-0.4, -0.2) is 36.2 Å². The molecule has 1 amide bonds. The van der Waals surface area contributed by atoms with Gasteiger partial charge in [-0.05, 0) is 30.2 Å². The van der Waals surface area contributed by atoms with Gasteiger partial charge in [0.2, 0.25) is 0 Å². The lowest BCUT2D eigenvalue weighted by Crippen LogP contribution is -2.35. The minimum absolute atomic E-state index is 0.0795. The molecule has 0 aliphatic rings. The number of hydrogen-bond acceptors (Lipinski definition) is 5. The van der Waals surface area contributed by atoms with E-state index in [0.717, 1.165) is 23.0 Å². The zero-order valence-corrected chi connectivity index (χ0v) is 17.3. The van der Waals surface area contributed by atoms with Crippen molar-refractivity contribution in [1.82, 2.24) is 14.9 Å². The Labute approximate surface area is 173 Å². The summed E-state index contributed by atoms with van der Waals surface area (Å²) in [5, 5.41) is 3.17. The van der Waals surface area contributed by atoms with Crippen LogP contribution in [0.5, 0.6) is 11.5 Å². The van der Waals surface area contributed by atoms with E-state index in [1.54, 1.807) is 36.4 Å². The first-order valence-corrected chi connectivity index (χ1v) is 9.74. The highest BCUT2D eigenvalue weighted by Gasteiger charge is 2.13. The summed E-state index contributed by atoms with van der Waals surface area (Å²) in [4.78, 5) is 40.3. The Hall–Kier alpha value is -3.55. The van der Waals surface area contributed by atoms with E-state index in [2.05, 4.69) is 17.2 Å². The lowest BCUT2D eigenvalue weighted by atomic mass is 10.1. The summed E-state index contributed by atoms with van der Waals surface area (Å²) in [6, 6.07) is 9.95. The molecule has 0 aliphatic heterocycles. The zero-order valence-electron chi connectivity index (χ0n) is 17.3. The Morgan fingerprint density at radius 1 is 1.07 bits per heavy atom. The van der Waals surface area contributed by atoms with Crippen LogP contribution in [0.2, 0.25) is 0 Å². The van der Waals surface area contributed by atoms with Crippen LogP contribution in [0.25, 0.3) is 10.9 Å². The van der Waals surface area contributed by atoms with Crippen LogP contribution in [0.15, 0.2) is 46.0 Å². The van der Waals surface area contributed by atoms with Gasteiger partial charge in [0.05, 0.1) is 31.7 Å². The SMILES string of the molecule is CCCCNC(=O)c1ccc(Cn2c(=O)[nH]c3cc(OC)c(OC)cc3c2=O)cc1. The third kappa shape index (κ3) is 4.37. The van der Waals surface area contributed by atoms with Gasteiger partial charge in [-0.1, -0.05) is 25.5 Å². The Bertz CT molecular complexity index is 1160. The maximum Gasteiger partial charge on any atom is 0.329 e. The fraction of sp³-hybridized carbons (Fsp3) is 0.318. The van der Waals surface area contributed by atoms with Gasteiger partial charge in [0.25, 0.3) is 11.5 Å². The second-order valence-electron chi connectivity index (χ2n) is 6.88. The summed E-state index contributed by atoms with van der Waals surface area (Å²) in [6.45, 7) is 2.77. The number of amides is 1. The molecule has 0 saturated heterocycles. The number of nitrogens with one attached hydrogen (secondary N) is 2. The first-order chi connectivity index (χ1) is 14.5. The van der Waals surface area contributed by atoms with E-state index < -0.39 is 11.2 Å². The molecule has 0 unspecified atom stereocenters. The molecular weight excluding hydrogens is 386 g/mol. The zero-order chi connectivity index (χ0) is 21.7. The Kier molecular flexibility index (Phi) is 6.56. The van der Waals surface area contributed by atoms with Gasteiger partial charge in [0, 0.05) is 18.2 Å². The van der Waals surface area contributed by atoms with Crippen LogP contribution in [0.4, 0.5) is 0 Å². The fourth-order valence-electron chi connectivity index (χ4n) is 3.15. The number of aromatic nitrogens is 2. The number of hydrogen-bond donors (Lipinski definition) is 2. The molecule has 8 heteroatoms. The van der Waals surface area contributed by atoms with Crippen molar-refractivity contribution in [2.24, 2.45) is 0 Å². The van der Waals surface area contributed by atoms with Gasteiger partial charge in [-0.15, -0.1) is 0 Å². The van der Waals surface area contributed by atoms with E-state index in [1.807, 2.05) is 0 Å². The topological polar surface area (TPSA) is 102 Å². The second kappa shape index (κ2) is 9.30. The van der Waals surface area contributed by atoms with Crippen molar-refractivity contribution >= 4 is 16.8 Å². The molecular formula is C22H25N3O5. The molecule has 8 nitrogen and oxygen atoms in total. The van der Waals surface area contributed by atoms with Crippen molar-refractivity contribution in [1.29, 1.82) is 0 Å². The first kappa shape index (κ1) is 21.2. The van der Waals surface area contributed by atoms with Crippen LogP contribution >= 0.6 is 0 Å². The number of methoxy groups -OCH3 is 2. The molecule has 0 fully saturated rings. The van der Waals surface area contributed by atoms with Crippen LogP contribution < -0.4 is 26.0 Å². The monoisotopic (exact) mass is 411 g/mol. The third-order valence-corrected chi connectivity index (χ3v) is 4.86. The summed E-state index contributed by atoms with van der Waals surface area (Å²) >= 11 is 0. The largest absolute Gasteiger partial charge is 0.493 e. The number of fused-ring (bicyclic) bond motifs is 1. The lowest BCUT2D eigenvalue weighted by molar-refractivity contribution is 0.0953. The number of carbonyl (C=O) groups is 1. The number of carbonyl (C=O) groups excluding carboxylic acids is 1.